The van der Waals surface area contributed by atoms with Gasteiger partial charge in [0.1, 0.15) is 17.2 Å². The van der Waals surface area contributed by atoms with Gasteiger partial charge >= 0.3 is 0 Å². The maximum Gasteiger partial charge on any atom is 0.265 e. The molecule has 0 saturated heterocycles. The summed E-state index contributed by atoms with van der Waals surface area (Å²) in [4.78, 5) is 27.3. The van der Waals surface area contributed by atoms with E-state index in [1.807, 2.05) is 36.4 Å². The van der Waals surface area contributed by atoms with Crippen molar-refractivity contribution >= 4 is 39.4 Å². The summed E-state index contributed by atoms with van der Waals surface area (Å²) in [6, 6.07) is 13.0. The molecule has 2 aromatic carbocycles. The zero-order valence-electron chi connectivity index (χ0n) is 18.9. The lowest BCUT2D eigenvalue weighted by Crippen LogP contribution is -2.22. The minimum atomic E-state index is -0.225. The molecule has 0 atom stereocenters. The number of rotatable bonds is 7. The quantitative estimate of drug-likeness (QED) is 0.345. The van der Waals surface area contributed by atoms with Crippen molar-refractivity contribution in [2.24, 2.45) is 5.10 Å². The van der Waals surface area contributed by atoms with Crippen molar-refractivity contribution in [2.75, 3.05) is 27.9 Å². The van der Waals surface area contributed by atoms with Gasteiger partial charge in [-0.1, -0.05) is 12.1 Å². The Morgan fingerprint density at radius 3 is 2.47 bits per heavy atom. The van der Waals surface area contributed by atoms with Gasteiger partial charge in [-0.05, 0) is 35.9 Å². The highest BCUT2D eigenvalue weighted by molar-refractivity contribution is 6.04. The van der Waals surface area contributed by atoms with Crippen LogP contribution in [0.4, 0.5) is 0 Å². The van der Waals surface area contributed by atoms with Crippen molar-refractivity contribution in [1.82, 2.24) is 24.2 Å². The van der Waals surface area contributed by atoms with Crippen LogP contribution in [0.15, 0.2) is 58.7 Å². The number of ether oxygens (including phenoxy) is 3. The number of benzene rings is 2. The van der Waals surface area contributed by atoms with E-state index in [2.05, 4.69) is 10.1 Å². The van der Waals surface area contributed by atoms with Crippen molar-refractivity contribution < 1.29 is 14.2 Å². The molecule has 172 valence electrons. The van der Waals surface area contributed by atoms with E-state index in [9.17, 15) is 4.79 Å². The predicted molar refractivity (Wildman–Crippen MR) is 129 cm³/mol. The van der Waals surface area contributed by atoms with Crippen LogP contribution in [0.2, 0.25) is 0 Å². The topological polar surface area (TPSA) is 106 Å². The SMILES string of the molecule is COCCn1cnc2c(c1=O)c1nc3ccccc3nc1n2/N=C\c1ccc(OC)c(OC)c1. The molecule has 0 fully saturated rings. The summed E-state index contributed by atoms with van der Waals surface area (Å²) in [6.45, 7) is 0.763. The second kappa shape index (κ2) is 8.91. The van der Waals surface area contributed by atoms with E-state index in [1.54, 1.807) is 38.3 Å². The van der Waals surface area contributed by atoms with Gasteiger partial charge in [0.05, 0.1) is 44.6 Å². The van der Waals surface area contributed by atoms with Crippen molar-refractivity contribution in [1.29, 1.82) is 0 Å². The molecule has 3 aromatic heterocycles. The second-order valence-electron chi connectivity index (χ2n) is 7.49. The fraction of sp³-hybridized carbons (Fsp3) is 0.208. The molecule has 5 rings (SSSR count). The molecule has 0 aliphatic rings. The summed E-state index contributed by atoms with van der Waals surface area (Å²) < 4.78 is 18.9. The maximum atomic E-state index is 13.3. The van der Waals surface area contributed by atoms with Crippen LogP contribution in [0.5, 0.6) is 11.5 Å². The summed E-state index contributed by atoms with van der Waals surface area (Å²) in [6.07, 6.45) is 3.14. The van der Waals surface area contributed by atoms with Gasteiger partial charge in [-0.25, -0.2) is 15.0 Å². The Kier molecular flexibility index (Phi) is 5.64. The highest BCUT2D eigenvalue weighted by Gasteiger charge is 2.19. The van der Waals surface area contributed by atoms with Gasteiger partial charge in [0, 0.05) is 7.11 Å². The van der Waals surface area contributed by atoms with Gasteiger partial charge in [-0.2, -0.15) is 9.78 Å². The monoisotopic (exact) mass is 458 g/mol. The minimum absolute atomic E-state index is 0.225. The molecule has 0 aliphatic heterocycles. The summed E-state index contributed by atoms with van der Waals surface area (Å²) in [5.74, 6) is 1.20. The van der Waals surface area contributed by atoms with Gasteiger partial charge in [-0.15, -0.1) is 0 Å². The summed E-state index contributed by atoms with van der Waals surface area (Å²) >= 11 is 0. The van der Waals surface area contributed by atoms with Crippen LogP contribution in [-0.4, -0.2) is 58.3 Å². The van der Waals surface area contributed by atoms with Crippen LogP contribution in [-0.2, 0) is 11.3 Å². The molecule has 34 heavy (non-hydrogen) atoms. The van der Waals surface area contributed by atoms with E-state index in [4.69, 9.17) is 24.2 Å². The number of methoxy groups -OCH3 is 3. The molecular formula is C24H22N6O4. The Morgan fingerprint density at radius 2 is 1.74 bits per heavy atom. The molecule has 5 aromatic rings. The summed E-state index contributed by atoms with van der Waals surface area (Å²) in [5.41, 5.74) is 3.19. The first-order valence-electron chi connectivity index (χ1n) is 10.6. The third-order valence-corrected chi connectivity index (χ3v) is 5.47. The average molecular weight is 458 g/mol. The van der Waals surface area contributed by atoms with Crippen molar-refractivity contribution in [3.8, 4) is 11.5 Å². The van der Waals surface area contributed by atoms with E-state index in [0.717, 1.165) is 5.56 Å². The van der Waals surface area contributed by atoms with Crippen LogP contribution in [0, 0.1) is 0 Å². The molecule has 10 nitrogen and oxygen atoms in total. The van der Waals surface area contributed by atoms with Crippen LogP contribution < -0.4 is 15.0 Å². The average Bonchev–Trinajstić information content (AvgIpc) is 3.18. The molecule has 0 N–H and O–H groups in total. The molecule has 3 heterocycles. The molecule has 0 radical (unpaired) electrons. The predicted octanol–water partition coefficient (Wildman–Crippen LogP) is 2.84. The lowest BCUT2D eigenvalue weighted by Gasteiger charge is -2.07. The molecule has 0 aliphatic carbocycles. The number of nitrogens with zero attached hydrogens (tertiary/aromatic N) is 6. The van der Waals surface area contributed by atoms with Crippen molar-refractivity contribution in [3.05, 3.63) is 64.7 Å². The Bertz CT molecular complexity index is 1600. The lowest BCUT2D eigenvalue weighted by molar-refractivity contribution is 0.186. The van der Waals surface area contributed by atoms with Crippen molar-refractivity contribution in [3.63, 3.8) is 0 Å². The first-order chi connectivity index (χ1) is 16.6. The highest BCUT2D eigenvalue weighted by Crippen LogP contribution is 2.28. The van der Waals surface area contributed by atoms with Crippen LogP contribution in [0.3, 0.4) is 0 Å². The number of fused-ring (bicyclic) bond motifs is 4. The largest absolute Gasteiger partial charge is 0.493 e. The smallest absolute Gasteiger partial charge is 0.265 e. The van der Waals surface area contributed by atoms with E-state index in [-0.39, 0.29) is 5.56 Å². The van der Waals surface area contributed by atoms with E-state index in [0.29, 0.717) is 57.9 Å². The summed E-state index contributed by atoms with van der Waals surface area (Å²) in [5, 5.41) is 4.98. The van der Waals surface area contributed by atoms with Gasteiger partial charge in [-0.3, -0.25) is 9.36 Å². The highest BCUT2D eigenvalue weighted by atomic mass is 16.5. The fourth-order valence-corrected chi connectivity index (χ4v) is 3.77. The van der Waals surface area contributed by atoms with Crippen LogP contribution in [0.25, 0.3) is 33.2 Å². The first kappa shape index (κ1) is 21.5. The standard InChI is InChI=1S/C24H22N6O4/c1-32-11-10-29-14-25-22-20(24(29)31)21-23(28-17-7-5-4-6-16(17)27-21)30(22)26-13-15-8-9-18(33-2)19(12-15)34-3/h4-9,12-14H,10-11H2,1-3H3/b26-13-. The number of hydrogen-bond acceptors (Lipinski definition) is 8. The Hall–Kier alpha value is -4.31. The molecule has 0 amide bonds. The minimum Gasteiger partial charge on any atom is -0.493 e. The maximum absolute atomic E-state index is 13.3. The fourth-order valence-electron chi connectivity index (χ4n) is 3.77. The zero-order valence-corrected chi connectivity index (χ0v) is 18.9. The molecule has 0 bridgehead atoms. The zero-order chi connectivity index (χ0) is 23.7. The molecule has 0 spiro atoms. The first-order valence-corrected chi connectivity index (χ1v) is 10.6. The van der Waals surface area contributed by atoms with E-state index >= 15 is 0 Å². The molecule has 10 heteroatoms. The van der Waals surface area contributed by atoms with Gasteiger partial charge in [0.2, 0.25) is 0 Å². The lowest BCUT2D eigenvalue weighted by atomic mass is 10.2. The third-order valence-electron chi connectivity index (χ3n) is 5.47. The Morgan fingerprint density at radius 1 is 0.971 bits per heavy atom. The Labute approximate surface area is 194 Å². The third kappa shape index (κ3) is 3.63. The van der Waals surface area contributed by atoms with Crippen LogP contribution in [0.1, 0.15) is 5.56 Å². The van der Waals surface area contributed by atoms with E-state index < -0.39 is 0 Å². The van der Waals surface area contributed by atoms with E-state index in [1.165, 1.54) is 10.9 Å². The molecule has 0 saturated carbocycles. The molecule has 0 unspecified atom stereocenters. The van der Waals surface area contributed by atoms with Gasteiger partial charge < -0.3 is 14.2 Å². The van der Waals surface area contributed by atoms with Gasteiger partial charge in [0.25, 0.3) is 5.56 Å². The number of aromatic nitrogens is 5. The normalized spacial score (nSPS) is 11.7. The van der Waals surface area contributed by atoms with Crippen molar-refractivity contribution in [2.45, 2.75) is 6.54 Å². The second-order valence-corrected chi connectivity index (χ2v) is 7.49. The molecular weight excluding hydrogens is 436 g/mol. The summed E-state index contributed by atoms with van der Waals surface area (Å²) in [7, 11) is 4.74. The number of para-hydroxylation sites is 2. The van der Waals surface area contributed by atoms with Crippen LogP contribution >= 0.6 is 0 Å². The number of hydrogen-bond donors (Lipinski definition) is 0. The van der Waals surface area contributed by atoms with Gasteiger partial charge in [0.15, 0.2) is 22.8 Å². The Balaban J connectivity index is 1.74.